The third kappa shape index (κ3) is 5.21. The van der Waals surface area contributed by atoms with E-state index >= 15 is 0 Å². The Morgan fingerprint density at radius 3 is 2.38 bits per heavy atom. The first-order valence-corrected chi connectivity index (χ1v) is 12.3. The number of aryl methyl sites for hydroxylation is 2. The Morgan fingerprint density at radius 1 is 1.06 bits per heavy atom. The monoisotopic (exact) mass is 492 g/mol. The number of Topliss-reactive ketones (excluding diaryl/α,β-unsaturated/α-hetero) is 1. The van der Waals surface area contributed by atoms with Gasteiger partial charge in [-0.3, -0.25) is 4.79 Å². The van der Waals surface area contributed by atoms with E-state index in [1.54, 1.807) is 27.7 Å². The van der Waals surface area contributed by atoms with Gasteiger partial charge in [0.05, 0.1) is 41.5 Å². The fourth-order valence-corrected chi connectivity index (χ4v) is 5.17. The van der Waals surface area contributed by atoms with Crippen molar-refractivity contribution in [1.82, 2.24) is 9.29 Å². The van der Waals surface area contributed by atoms with Gasteiger partial charge >= 0.3 is 11.9 Å². The lowest BCUT2D eigenvalue weighted by atomic mass is 10.1. The van der Waals surface area contributed by atoms with Crippen LogP contribution in [0.5, 0.6) is 0 Å². The van der Waals surface area contributed by atoms with Crippen molar-refractivity contribution in [2.75, 3.05) is 39.5 Å². The highest BCUT2D eigenvalue weighted by molar-refractivity contribution is 7.89. The maximum Gasteiger partial charge on any atom is 0.340 e. The lowest BCUT2D eigenvalue weighted by Crippen LogP contribution is -2.40. The first-order chi connectivity index (χ1) is 16.1. The van der Waals surface area contributed by atoms with Crippen molar-refractivity contribution in [3.63, 3.8) is 0 Å². The van der Waals surface area contributed by atoms with E-state index in [9.17, 15) is 22.8 Å². The third-order valence-electron chi connectivity index (χ3n) is 5.57. The molecule has 11 heteroatoms. The van der Waals surface area contributed by atoms with E-state index in [0.717, 1.165) is 0 Å². The summed E-state index contributed by atoms with van der Waals surface area (Å²) in [6.45, 7) is 7.26. The average molecular weight is 493 g/mol. The normalized spacial score (nSPS) is 14.6. The van der Waals surface area contributed by atoms with Gasteiger partial charge < -0.3 is 19.2 Å². The topological polar surface area (TPSA) is 132 Å². The van der Waals surface area contributed by atoms with Crippen LogP contribution in [0.3, 0.4) is 0 Å². The predicted octanol–water partition coefficient (Wildman–Crippen LogP) is 2.18. The van der Waals surface area contributed by atoms with Crippen LogP contribution in [0.1, 0.15) is 54.9 Å². The number of hydrogen-bond acceptors (Lipinski definition) is 8. The molecule has 1 aromatic heterocycles. The zero-order chi connectivity index (χ0) is 25.0. The standard InChI is InChI=1S/C23H28N2O8S/c1-5-32-23(28)20-15(3)21(24-16(20)4)19(26)13-33-22(27)18-12-17(7-6-14(18)2)34(29,30)25-8-10-31-11-9-25/h6-7,12,24H,5,8-11,13H2,1-4H3. The van der Waals surface area contributed by atoms with Crippen LogP contribution in [-0.2, 0) is 24.2 Å². The number of rotatable bonds is 8. The molecular weight excluding hydrogens is 464 g/mol. The van der Waals surface area contributed by atoms with E-state index in [4.69, 9.17) is 14.2 Å². The summed E-state index contributed by atoms with van der Waals surface area (Å²) in [6.07, 6.45) is 0. The minimum Gasteiger partial charge on any atom is -0.462 e. The van der Waals surface area contributed by atoms with Crippen molar-refractivity contribution in [2.45, 2.75) is 32.6 Å². The van der Waals surface area contributed by atoms with Crippen molar-refractivity contribution in [3.8, 4) is 0 Å². The molecule has 0 atom stereocenters. The second-order valence-electron chi connectivity index (χ2n) is 7.84. The maximum absolute atomic E-state index is 12.9. The number of nitrogens with zero attached hydrogens (tertiary/aromatic N) is 1. The molecular formula is C23H28N2O8S. The lowest BCUT2D eigenvalue weighted by molar-refractivity contribution is 0.0471. The fourth-order valence-electron chi connectivity index (χ4n) is 3.74. The van der Waals surface area contributed by atoms with E-state index in [0.29, 0.717) is 30.0 Å². The highest BCUT2D eigenvalue weighted by Crippen LogP contribution is 2.22. The molecule has 1 saturated heterocycles. The number of ketones is 1. The largest absolute Gasteiger partial charge is 0.462 e. The molecule has 1 aromatic carbocycles. The van der Waals surface area contributed by atoms with Crippen LogP contribution in [-0.4, -0.2) is 74.9 Å². The minimum atomic E-state index is -3.80. The number of carbonyl (C=O) groups excluding carboxylic acids is 3. The molecule has 1 aliphatic heterocycles. The zero-order valence-electron chi connectivity index (χ0n) is 19.6. The first-order valence-electron chi connectivity index (χ1n) is 10.8. The van der Waals surface area contributed by atoms with Crippen molar-refractivity contribution < 1.29 is 37.0 Å². The maximum atomic E-state index is 12.9. The summed E-state index contributed by atoms with van der Waals surface area (Å²) >= 11 is 0. The van der Waals surface area contributed by atoms with E-state index < -0.39 is 34.4 Å². The van der Waals surface area contributed by atoms with Crippen LogP contribution in [0.15, 0.2) is 23.1 Å². The number of H-pyrrole nitrogens is 1. The van der Waals surface area contributed by atoms with Crippen molar-refractivity contribution in [1.29, 1.82) is 0 Å². The summed E-state index contributed by atoms with van der Waals surface area (Å²) in [4.78, 5) is 40.4. The van der Waals surface area contributed by atoms with Crippen molar-refractivity contribution in [3.05, 3.63) is 51.8 Å². The molecule has 1 fully saturated rings. The second-order valence-corrected chi connectivity index (χ2v) is 9.78. The Morgan fingerprint density at radius 2 is 1.74 bits per heavy atom. The Kier molecular flexibility index (Phi) is 7.90. The van der Waals surface area contributed by atoms with Gasteiger partial charge in [-0.15, -0.1) is 0 Å². The summed E-state index contributed by atoms with van der Waals surface area (Å²) in [6, 6.07) is 4.22. The molecule has 0 radical (unpaired) electrons. The molecule has 0 amide bonds. The quantitative estimate of drug-likeness (QED) is 0.438. The molecule has 0 unspecified atom stereocenters. The number of nitrogens with one attached hydrogen (secondary N) is 1. The molecule has 34 heavy (non-hydrogen) atoms. The third-order valence-corrected chi connectivity index (χ3v) is 7.46. The van der Waals surface area contributed by atoms with Crippen LogP contribution < -0.4 is 0 Å². The van der Waals surface area contributed by atoms with Crippen LogP contribution in [0.4, 0.5) is 0 Å². The smallest absolute Gasteiger partial charge is 0.340 e. The molecule has 1 N–H and O–H groups in total. The van der Waals surface area contributed by atoms with Gasteiger partial charge in [-0.05, 0) is 51.0 Å². The summed E-state index contributed by atoms with van der Waals surface area (Å²) in [5, 5.41) is 0. The Balaban J connectivity index is 1.75. The van der Waals surface area contributed by atoms with Crippen molar-refractivity contribution in [2.24, 2.45) is 0 Å². The number of hydrogen-bond donors (Lipinski definition) is 1. The number of ether oxygens (including phenoxy) is 3. The van der Waals surface area contributed by atoms with Crippen LogP contribution >= 0.6 is 0 Å². The second kappa shape index (κ2) is 10.5. The van der Waals surface area contributed by atoms with Crippen LogP contribution in [0.25, 0.3) is 0 Å². The van der Waals surface area contributed by atoms with Gasteiger partial charge in [-0.2, -0.15) is 4.31 Å². The molecule has 184 valence electrons. The Labute approximate surface area is 198 Å². The summed E-state index contributed by atoms with van der Waals surface area (Å²) < 4.78 is 42.6. The van der Waals surface area contributed by atoms with E-state index in [-0.39, 0.29) is 41.4 Å². The van der Waals surface area contributed by atoms with Gasteiger partial charge in [0, 0.05) is 18.8 Å². The van der Waals surface area contributed by atoms with Gasteiger partial charge in [0.15, 0.2) is 6.61 Å². The van der Waals surface area contributed by atoms with Crippen LogP contribution in [0, 0.1) is 20.8 Å². The Hall–Kier alpha value is -3.02. The Bertz CT molecular complexity index is 1210. The molecule has 1 aliphatic rings. The zero-order valence-corrected chi connectivity index (χ0v) is 20.4. The highest BCUT2D eigenvalue weighted by Gasteiger charge is 2.28. The average Bonchev–Trinajstić information content (AvgIpc) is 3.12. The SMILES string of the molecule is CCOC(=O)c1c(C)[nH]c(C(=O)COC(=O)c2cc(S(=O)(=O)N3CCOCC3)ccc2C)c1C. The molecule has 2 heterocycles. The van der Waals surface area contributed by atoms with Gasteiger partial charge in [0.2, 0.25) is 15.8 Å². The van der Waals surface area contributed by atoms with Gasteiger partial charge in [-0.1, -0.05) is 6.07 Å². The van der Waals surface area contributed by atoms with Crippen LogP contribution in [0.2, 0.25) is 0 Å². The van der Waals surface area contributed by atoms with E-state index in [2.05, 4.69) is 4.98 Å². The van der Waals surface area contributed by atoms with E-state index in [1.807, 2.05) is 0 Å². The number of aromatic amines is 1. The summed E-state index contributed by atoms with van der Waals surface area (Å²) in [5.74, 6) is -1.89. The van der Waals surface area contributed by atoms with Crippen molar-refractivity contribution >= 4 is 27.7 Å². The number of esters is 2. The van der Waals surface area contributed by atoms with E-state index in [1.165, 1.54) is 22.5 Å². The minimum absolute atomic E-state index is 0.0341. The number of carbonyl (C=O) groups is 3. The molecule has 0 saturated carbocycles. The number of benzene rings is 1. The van der Waals surface area contributed by atoms with Gasteiger partial charge in [0.1, 0.15) is 0 Å². The summed E-state index contributed by atoms with van der Waals surface area (Å²) in [7, 11) is -3.80. The van der Waals surface area contributed by atoms with Gasteiger partial charge in [-0.25, -0.2) is 18.0 Å². The number of morpholine rings is 1. The molecule has 0 spiro atoms. The molecule has 3 rings (SSSR count). The molecule has 10 nitrogen and oxygen atoms in total. The molecule has 0 aliphatic carbocycles. The number of aromatic nitrogens is 1. The number of sulfonamides is 1. The summed E-state index contributed by atoms with van der Waals surface area (Å²) in [5.41, 5.74) is 1.86. The molecule has 2 aromatic rings. The lowest BCUT2D eigenvalue weighted by Gasteiger charge is -2.26. The first kappa shape index (κ1) is 25.6. The fraction of sp³-hybridized carbons (Fsp3) is 0.435. The molecule has 0 bridgehead atoms. The highest BCUT2D eigenvalue weighted by atomic mass is 32.2. The van der Waals surface area contributed by atoms with Gasteiger partial charge in [0.25, 0.3) is 0 Å². The predicted molar refractivity (Wildman–Crippen MR) is 122 cm³/mol.